The highest BCUT2D eigenvalue weighted by atomic mass is 16.2. The van der Waals surface area contributed by atoms with Gasteiger partial charge < -0.3 is 4.90 Å². The van der Waals surface area contributed by atoms with Crippen molar-refractivity contribution < 1.29 is 9.59 Å². The molecule has 0 radical (unpaired) electrons. The topological polar surface area (TPSA) is 53.5 Å². The highest BCUT2D eigenvalue weighted by Crippen LogP contribution is 2.35. The molecule has 4 rings (SSSR count). The molecule has 5 nitrogen and oxygen atoms in total. The molecule has 0 atom stereocenters. The zero-order chi connectivity index (χ0) is 22.7. The number of rotatable bonds is 7. The number of hydrogen-bond donors (Lipinski definition) is 0. The minimum atomic E-state index is -0.250. The van der Waals surface area contributed by atoms with Gasteiger partial charge in [0.25, 0.3) is 11.8 Å². The van der Waals surface area contributed by atoms with Gasteiger partial charge in [-0.15, -0.1) is 0 Å². The van der Waals surface area contributed by atoms with Gasteiger partial charge in [0, 0.05) is 25.5 Å². The van der Waals surface area contributed by atoms with Crippen LogP contribution < -0.4 is 0 Å². The van der Waals surface area contributed by atoms with Crippen LogP contribution in [0.1, 0.15) is 34.7 Å². The third-order valence-corrected chi connectivity index (χ3v) is 5.80. The quantitative estimate of drug-likeness (QED) is 0.523. The second-order valence-electron chi connectivity index (χ2n) is 8.09. The van der Waals surface area contributed by atoms with Crippen molar-refractivity contribution in [3.63, 3.8) is 0 Å². The molecular formula is C27H27N3O2. The van der Waals surface area contributed by atoms with Crippen molar-refractivity contribution in [3.05, 3.63) is 107 Å². The Morgan fingerprint density at radius 1 is 0.875 bits per heavy atom. The van der Waals surface area contributed by atoms with E-state index in [2.05, 4.69) is 11.1 Å². The summed E-state index contributed by atoms with van der Waals surface area (Å²) in [4.78, 5) is 34.7. The average Bonchev–Trinajstić information content (AvgIpc) is 3.03. The summed E-state index contributed by atoms with van der Waals surface area (Å²) in [5.41, 5.74) is 5.84. The lowest BCUT2D eigenvalue weighted by molar-refractivity contribution is -0.138. The number of pyridine rings is 1. The van der Waals surface area contributed by atoms with Gasteiger partial charge >= 0.3 is 0 Å². The standard InChI is InChI=1S/C27H27N3O2/c1-4-29(17-21-8-6-5-7-9-21)25-24(23-11-10-19(2)16-20(23)3)26(31)30(27(25)32)18-22-12-14-28-15-13-22/h5-16H,4,17-18H2,1-3H3. The van der Waals surface area contributed by atoms with E-state index in [1.165, 1.54) is 4.90 Å². The Bertz CT molecular complexity index is 1170. The summed E-state index contributed by atoms with van der Waals surface area (Å²) in [6.07, 6.45) is 3.35. The zero-order valence-electron chi connectivity index (χ0n) is 18.7. The maximum absolute atomic E-state index is 13.7. The van der Waals surface area contributed by atoms with Gasteiger partial charge in [-0.1, -0.05) is 54.1 Å². The maximum atomic E-state index is 13.7. The Hall–Kier alpha value is -3.73. The van der Waals surface area contributed by atoms with Crippen LogP contribution >= 0.6 is 0 Å². The Balaban J connectivity index is 1.80. The molecule has 0 saturated heterocycles. The minimum absolute atomic E-state index is 0.223. The lowest BCUT2D eigenvalue weighted by Gasteiger charge is -2.25. The van der Waals surface area contributed by atoms with Crippen LogP contribution in [0.4, 0.5) is 0 Å². The third-order valence-electron chi connectivity index (χ3n) is 5.80. The predicted octanol–water partition coefficient (Wildman–Crippen LogP) is 4.50. The smallest absolute Gasteiger partial charge is 0.278 e. The fourth-order valence-electron chi connectivity index (χ4n) is 4.16. The lowest BCUT2D eigenvalue weighted by atomic mass is 9.97. The number of imide groups is 1. The van der Waals surface area contributed by atoms with Crippen LogP contribution in [0.2, 0.25) is 0 Å². The van der Waals surface area contributed by atoms with Crippen molar-refractivity contribution in [3.8, 4) is 0 Å². The fourth-order valence-corrected chi connectivity index (χ4v) is 4.16. The molecule has 0 aliphatic carbocycles. The Morgan fingerprint density at radius 2 is 1.59 bits per heavy atom. The molecule has 2 amide bonds. The summed E-state index contributed by atoms with van der Waals surface area (Å²) in [7, 11) is 0. The second kappa shape index (κ2) is 9.18. The number of benzene rings is 2. The van der Waals surface area contributed by atoms with Crippen molar-refractivity contribution >= 4 is 17.4 Å². The summed E-state index contributed by atoms with van der Waals surface area (Å²) >= 11 is 0. The van der Waals surface area contributed by atoms with E-state index in [4.69, 9.17) is 0 Å². The number of nitrogens with zero attached hydrogens (tertiary/aromatic N) is 3. The van der Waals surface area contributed by atoms with E-state index in [0.717, 1.165) is 27.8 Å². The number of likely N-dealkylation sites (N-methyl/N-ethyl adjacent to an activating group) is 1. The molecule has 1 aromatic heterocycles. The molecule has 0 N–H and O–H groups in total. The monoisotopic (exact) mass is 425 g/mol. The van der Waals surface area contributed by atoms with Gasteiger partial charge in [-0.3, -0.25) is 19.5 Å². The van der Waals surface area contributed by atoms with Gasteiger partial charge in [-0.05, 0) is 55.2 Å². The molecule has 32 heavy (non-hydrogen) atoms. The zero-order valence-corrected chi connectivity index (χ0v) is 18.7. The van der Waals surface area contributed by atoms with Crippen LogP contribution in [0.25, 0.3) is 5.57 Å². The molecular weight excluding hydrogens is 398 g/mol. The average molecular weight is 426 g/mol. The number of carbonyl (C=O) groups excluding carboxylic acids is 2. The first-order valence-electron chi connectivity index (χ1n) is 10.9. The highest BCUT2D eigenvalue weighted by molar-refractivity contribution is 6.35. The van der Waals surface area contributed by atoms with Crippen LogP contribution in [0.15, 0.2) is 78.8 Å². The number of amides is 2. The van der Waals surface area contributed by atoms with Crippen LogP contribution in [0.3, 0.4) is 0 Å². The molecule has 0 fully saturated rings. The van der Waals surface area contributed by atoms with E-state index in [0.29, 0.717) is 24.4 Å². The van der Waals surface area contributed by atoms with E-state index in [-0.39, 0.29) is 18.4 Å². The minimum Gasteiger partial charge on any atom is -0.362 e. The van der Waals surface area contributed by atoms with Crippen LogP contribution in [0.5, 0.6) is 0 Å². The SMILES string of the molecule is CCN(Cc1ccccc1)C1=C(c2ccc(C)cc2C)C(=O)N(Cc2ccncc2)C1=O. The summed E-state index contributed by atoms with van der Waals surface area (Å²) in [5, 5.41) is 0. The van der Waals surface area contributed by atoms with E-state index in [9.17, 15) is 9.59 Å². The molecule has 2 heterocycles. The number of carbonyl (C=O) groups is 2. The van der Waals surface area contributed by atoms with E-state index in [1.54, 1.807) is 12.4 Å². The van der Waals surface area contributed by atoms with E-state index < -0.39 is 0 Å². The third kappa shape index (κ3) is 4.19. The van der Waals surface area contributed by atoms with Crippen LogP contribution in [0, 0.1) is 13.8 Å². The number of hydrogen-bond acceptors (Lipinski definition) is 4. The Labute approximate surface area is 189 Å². The molecule has 3 aromatic rings. The van der Waals surface area contributed by atoms with Gasteiger partial charge in [0.2, 0.25) is 0 Å². The molecule has 0 spiro atoms. The van der Waals surface area contributed by atoms with Crippen molar-refractivity contribution in [2.24, 2.45) is 0 Å². The van der Waals surface area contributed by atoms with E-state index in [1.807, 2.05) is 80.3 Å². The van der Waals surface area contributed by atoms with Crippen molar-refractivity contribution in [2.75, 3.05) is 6.54 Å². The number of aromatic nitrogens is 1. The highest BCUT2D eigenvalue weighted by Gasteiger charge is 2.41. The normalized spacial score (nSPS) is 13.8. The fraction of sp³-hybridized carbons (Fsp3) is 0.222. The van der Waals surface area contributed by atoms with Crippen LogP contribution in [-0.4, -0.2) is 33.1 Å². The number of aryl methyl sites for hydroxylation is 2. The second-order valence-corrected chi connectivity index (χ2v) is 8.09. The predicted molar refractivity (Wildman–Crippen MR) is 125 cm³/mol. The van der Waals surface area contributed by atoms with Gasteiger partial charge in [-0.2, -0.15) is 0 Å². The molecule has 0 bridgehead atoms. The molecule has 1 aliphatic heterocycles. The first-order chi connectivity index (χ1) is 15.5. The Morgan fingerprint density at radius 3 is 2.25 bits per heavy atom. The van der Waals surface area contributed by atoms with Gasteiger partial charge in [-0.25, -0.2) is 0 Å². The van der Waals surface area contributed by atoms with Crippen molar-refractivity contribution in [1.29, 1.82) is 0 Å². The maximum Gasteiger partial charge on any atom is 0.278 e. The van der Waals surface area contributed by atoms with Gasteiger partial charge in [0.1, 0.15) is 5.70 Å². The summed E-state index contributed by atoms with van der Waals surface area (Å²) in [5.74, 6) is -0.500. The summed E-state index contributed by atoms with van der Waals surface area (Å²) in [6.45, 7) is 7.42. The molecule has 162 valence electrons. The van der Waals surface area contributed by atoms with Gasteiger partial charge in [0.15, 0.2) is 0 Å². The first kappa shape index (κ1) is 21.5. The molecule has 2 aromatic carbocycles. The molecule has 1 aliphatic rings. The first-order valence-corrected chi connectivity index (χ1v) is 10.9. The molecule has 5 heteroatoms. The van der Waals surface area contributed by atoms with Crippen molar-refractivity contribution in [1.82, 2.24) is 14.8 Å². The molecule has 0 saturated carbocycles. The van der Waals surface area contributed by atoms with Gasteiger partial charge in [0.05, 0.1) is 12.1 Å². The van der Waals surface area contributed by atoms with E-state index >= 15 is 0 Å². The Kier molecular flexibility index (Phi) is 6.17. The molecule has 0 unspecified atom stereocenters. The summed E-state index contributed by atoms with van der Waals surface area (Å²) < 4.78 is 0. The van der Waals surface area contributed by atoms with Crippen molar-refractivity contribution in [2.45, 2.75) is 33.9 Å². The lowest BCUT2D eigenvalue weighted by Crippen LogP contribution is -2.34. The largest absolute Gasteiger partial charge is 0.362 e. The van der Waals surface area contributed by atoms with Crippen LogP contribution in [-0.2, 0) is 22.7 Å². The summed E-state index contributed by atoms with van der Waals surface area (Å²) in [6, 6.07) is 19.7.